The monoisotopic (exact) mass is 985 g/mol. The van der Waals surface area contributed by atoms with E-state index in [1.807, 2.05) is 0 Å². The van der Waals surface area contributed by atoms with Crippen molar-refractivity contribution in [1.82, 2.24) is 0 Å². The van der Waals surface area contributed by atoms with Gasteiger partial charge in [0, 0.05) is 19.3 Å². The Kier molecular flexibility index (Phi) is 55.4. The van der Waals surface area contributed by atoms with Crippen molar-refractivity contribution < 1.29 is 28.6 Å². The lowest BCUT2D eigenvalue weighted by atomic mass is 10.0. The summed E-state index contributed by atoms with van der Waals surface area (Å²) in [6.07, 6.45) is 79.5. The molecule has 1 atom stereocenters. The van der Waals surface area contributed by atoms with E-state index in [1.54, 1.807) is 0 Å². The van der Waals surface area contributed by atoms with Crippen LogP contribution in [0.2, 0.25) is 0 Å². The van der Waals surface area contributed by atoms with Gasteiger partial charge in [0.25, 0.3) is 0 Å². The lowest BCUT2D eigenvalue weighted by molar-refractivity contribution is -0.167. The Bertz CT molecular complexity index is 1460. The number of unbranched alkanes of at least 4 members (excludes halogenated alkanes) is 23. The molecule has 0 N–H and O–H groups in total. The Morgan fingerprint density at radius 3 is 0.915 bits per heavy atom. The van der Waals surface area contributed by atoms with Crippen molar-refractivity contribution >= 4 is 17.9 Å². The molecule has 0 spiro atoms. The van der Waals surface area contributed by atoms with Crippen LogP contribution in [0, 0.1) is 0 Å². The minimum absolute atomic E-state index is 0.117. The first-order valence-corrected chi connectivity index (χ1v) is 29.4. The minimum atomic E-state index is -0.831. The summed E-state index contributed by atoms with van der Waals surface area (Å²) in [5.74, 6) is -1.03. The van der Waals surface area contributed by atoms with E-state index >= 15 is 0 Å². The van der Waals surface area contributed by atoms with E-state index in [1.165, 1.54) is 128 Å². The molecule has 6 heteroatoms. The highest BCUT2D eigenvalue weighted by molar-refractivity contribution is 5.71. The summed E-state index contributed by atoms with van der Waals surface area (Å²) in [6.45, 7) is 6.42. The topological polar surface area (TPSA) is 78.9 Å². The molecule has 0 aliphatic carbocycles. The fourth-order valence-corrected chi connectivity index (χ4v) is 7.88. The molecule has 0 unspecified atom stereocenters. The molecule has 0 rings (SSSR count). The summed E-state index contributed by atoms with van der Waals surface area (Å²) in [4.78, 5) is 38.2. The molecule has 0 heterocycles. The smallest absolute Gasteiger partial charge is 0.306 e. The van der Waals surface area contributed by atoms with E-state index in [4.69, 9.17) is 14.2 Å². The van der Waals surface area contributed by atoms with Crippen molar-refractivity contribution in [3.05, 3.63) is 109 Å². The van der Waals surface area contributed by atoms with Crippen LogP contribution in [0.5, 0.6) is 0 Å². The number of hydrogen-bond acceptors (Lipinski definition) is 6. The molecule has 6 nitrogen and oxygen atoms in total. The molecule has 0 aromatic carbocycles. The average Bonchev–Trinajstić information content (AvgIpc) is 3.37. The molecule has 404 valence electrons. The van der Waals surface area contributed by atoms with E-state index in [0.717, 1.165) is 83.5 Å². The molecule has 71 heavy (non-hydrogen) atoms. The summed E-state index contributed by atoms with van der Waals surface area (Å²) in [5, 5.41) is 0. The second-order valence-electron chi connectivity index (χ2n) is 19.2. The predicted molar refractivity (Wildman–Crippen MR) is 307 cm³/mol. The van der Waals surface area contributed by atoms with E-state index in [0.29, 0.717) is 19.3 Å². The fraction of sp³-hybridized carbons (Fsp3) is 0.677. The van der Waals surface area contributed by atoms with Gasteiger partial charge in [0.15, 0.2) is 6.10 Å². The third-order valence-electron chi connectivity index (χ3n) is 12.3. The number of carbonyl (C=O) groups is 3. The van der Waals surface area contributed by atoms with Gasteiger partial charge < -0.3 is 14.2 Å². The van der Waals surface area contributed by atoms with Crippen LogP contribution in [0.4, 0.5) is 0 Å². The zero-order valence-corrected chi connectivity index (χ0v) is 46.2. The van der Waals surface area contributed by atoms with Crippen molar-refractivity contribution in [1.29, 1.82) is 0 Å². The van der Waals surface area contributed by atoms with Crippen LogP contribution in [-0.4, -0.2) is 37.2 Å². The molecule has 0 amide bonds. The minimum Gasteiger partial charge on any atom is -0.462 e. The van der Waals surface area contributed by atoms with Crippen molar-refractivity contribution in [2.75, 3.05) is 13.2 Å². The number of esters is 3. The van der Waals surface area contributed by atoms with Gasteiger partial charge >= 0.3 is 17.9 Å². The maximum Gasteiger partial charge on any atom is 0.306 e. The van der Waals surface area contributed by atoms with Crippen LogP contribution in [0.3, 0.4) is 0 Å². The molecule has 0 fully saturated rings. The van der Waals surface area contributed by atoms with Gasteiger partial charge in [0.1, 0.15) is 13.2 Å². The van der Waals surface area contributed by atoms with Crippen molar-refractivity contribution in [2.24, 2.45) is 0 Å². The summed E-state index contributed by atoms with van der Waals surface area (Å²) in [5.41, 5.74) is 0. The molecule has 0 bridgehead atoms. The van der Waals surface area contributed by atoms with Gasteiger partial charge in [-0.05, 0) is 96.3 Å². The molecule has 0 aromatic heterocycles. The summed E-state index contributed by atoms with van der Waals surface area (Å²) < 4.78 is 16.8. The van der Waals surface area contributed by atoms with E-state index in [9.17, 15) is 14.4 Å². The number of ether oxygens (including phenoxy) is 3. The first-order chi connectivity index (χ1) is 35.0. The van der Waals surface area contributed by atoms with Crippen LogP contribution in [0.15, 0.2) is 109 Å². The zero-order valence-electron chi connectivity index (χ0n) is 46.2. The van der Waals surface area contributed by atoms with Crippen molar-refractivity contribution in [2.45, 2.75) is 271 Å². The quantitative estimate of drug-likeness (QED) is 0.0261. The van der Waals surface area contributed by atoms with Crippen LogP contribution >= 0.6 is 0 Å². The number of carbonyl (C=O) groups excluding carboxylic acids is 3. The van der Waals surface area contributed by atoms with Gasteiger partial charge in [-0.25, -0.2) is 0 Å². The van der Waals surface area contributed by atoms with Crippen LogP contribution in [0.25, 0.3) is 0 Å². The molecular weight excluding hydrogens is 877 g/mol. The standard InChI is InChI=1S/C65H108O6/c1-4-7-10-13-16-19-22-25-28-31-32-35-37-40-43-46-49-52-55-58-64(67)70-61-62(71-65(68)59-56-53-50-47-44-41-38-34-30-27-24-21-18-15-12-9-6-3)60-69-63(66)57-54-51-48-45-42-39-36-33-29-26-23-20-17-14-11-8-5-2/h9,12,17-18,20-21,26-27,29-30,36,38-39,41,45,47-48,50,62H,4-8,10-11,13-16,19,22-25,28,31-35,37,40,42-44,46,49,51-61H2,1-3H3/b12-9-,20-17-,21-18-,29-26-,30-27-,39-36-,41-38-,48-45-,50-47-/t62-/m1/s1. The highest BCUT2D eigenvalue weighted by Gasteiger charge is 2.19. The van der Waals surface area contributed by atoms with Gasteiger partial charge in [-0.3, -0.25) is 14.4 Å². The van der Waals surface area contributed by atoms with Gasteiger partial charge in [-0.2, -0.15) is 0 Å². The molecule has 0 aliphatic rings. The first kappa shape index (κ1) is 67.1. The SMILES string of the molecule is CC/C=C\C/C=C\C/C=C\C/C=C\C/C=C\CCCC(=O)O[C@H](COC(=O)CCC/C=C\C/C=C\C/C=C\C/C=C\CCCCC)COC(=O)CCCCCCCCCCCCCCCCCCCCC. The van der Waals surface area contributed by atoms with E-state index < -0.39 is 6.10 Å². The van der Waals surface area contributed by atoms with E-state index in [2.05, 4.69) is 130 Å². The highest BCUT2D eigenvalue weighted by atomic mass is 16.6. The van der Waals surface area contributed by atoms with Crippen molar-refractivity contribution in [3.8, 4) is 0 Å². The molecule has 0 saturated carbocycles. The van der Waals surface area contributed by atoms with Gasteiger partial charge in [0.05, 0.1) is 0 Å². The Morgan fingerprint density at radius 1 is 0.296 bits per heavy atom. The van der Waals surface area contributed by atoms with E-state index in [-0.39, 0.29) is 44.0 Å². The van der Waals surface area contributed by atoms with Crippen LogP contribution in [0.1, 0.15) is 265 Å². The number of rotatable bonds is 52. The average molecular weight is 986 g/mol. The maximum absolute atomic E-state index is 12.8. The highest BCUT2D eigenvalue weighted by Crippen LogP contribution is 2.16. The normalized spacial score (nSPS) is 12.9. The molecular formula is C65H108O6. The molecule has 0 radical (unpaired) electrons. The van der Waals surface area contributed by atoms with Gasteiger partial charge in [-0.1, -0.05) is 259 Å². The van der Waals surface area contributed by atoms with Crippen LogP contribution in [-0.2, 0) is 28.6 Å². The summed E-state index contributed by atoms with van der Waals surface area (Å²) >= 11 is 0. The molecule has 0 saturated heterocycles. The fourth-order valence-electron chi connectivity index (χ4n) is 7.88. The summed E-state index contributed by atoms with van der Waals surface area (Å²) in [7, 11) is 0. The lowest BCUT2D eigenvalue weighted by Gasteiger charge is -2.18. The Balaban J connectivity index is 4.53. The summed E-state index contributed by atoms with van der Waals surface area (Å²) in [6, 6.07) is 0. The largest absolute Gasteiger partial charge is 0.462 e. The third kappa shape index (κ3) is 56.9. The zero-order chi connectivity index (χ0) is 51.4. The molecule has 0 aliphatic heterocycles. The Hall–Kier alpha value is -3.93. The van der Waals surface area contributed by atoms with Gasteiger partial charge in [0.2, 0.25) is 0 Å². The maximum atomic E-state index is 12.8. The lowest BCUT2D eigenvalue weighted by Crippen LogP contribution is -2.30. The third-order valence-corrected chi connectivity index (χ3v) is 12.3. The molecule has 0 aromatic rings. The second kappa shape index (κ2) is 58.6. The van der Waals surface area contributed by atoms with Gasteiger partial charge in [-0.15, -0.1) is 0 Å². The second-order valence-corrected chi connectivity index (χ2v) is 19.2. The number of allylic oxidation sites excluding steroid dienone is 18. The van der Waals surface area contributed by atoms with Crippen LogP contribution < -0.4 is 0 Å². The predicted octanol–water partition coefficient (Wildman–Crippen LogP) is 19.9. The Labute approximate surface area is 438 Å². The first-order valence-electron chi connectivity index (χ1n) is 29.4. The Morgan fingerprint density at radius 2 is 0.563 bits per heavy atom. The van der Waals surface area contributed by atoms with Crippen molar-refractivity contribution in [3.63, 3.8) is 0 Å². The number of hydrogen-bond donors (Lipinski definition) is 0.